The number of ether oxygens (including phenoxy) is 1. The first-order valence-electron chi connectivity index (χ1n) is 4.28. The van der Waals surface area contributed by atoms with Crippen LogP contribution in [-0.4, -0.2) is 17.7 Å². The van der Waals surface area contributed by atoms with E-state index in [0.717, 1.165) is 6.07 Å². The zero-order valence-corrected chi connectivity index (χ0v) is 8.24. The SMILES string of the molecule is C=C(COc1cccc(F)c1C#N)C(=O)O. The number of rotatable bonds is 4. The lowest BCUT2D eigenvalue weighted by atomic mass is 10.2. The Hall–Kier alpha value is -2.35. The molecule has 4 nitrogen and oxygen atoms in total. The molecule has 0 heterocycles. The van der Waals surface area contributed by atoms with Gasteiger partial charge in [-0.2, -0.15) is 5.26 Å². The molecule has 0 amide bonds. The van der Waals surface area contributed by atoms with E-state index in [2.05, 4.69) is 6.58 Å². The lowest BCUT2D eigenvalue weighted by molar-refractivity contribution is -0.133. The average molecular weight is 221 g/mol. The first-order chi connectivity index (χ1) is 7.56. The van der Waals surface area contributed by atoms with Crippen molar-refractivity contribution in [3.63, 3.8) is 0 Å². The average Bonchev–Trinajstić information content (AvgIpc) is 2.25. The quantitative estimate of drug-likeness (QED) is 0.786. The lowest BCUT2D eigenvalue weighted by Gasteiger charge is -2.07. The Morgan fingerprint density at radius 2 is 2.31 bits per heavy atom. The Balaban J connectivity index is 2.83. The van der Waals surface area contributed by atoms with Crippen LogP contribution in [0.25, 0.3) is 0 Å². The van der Waals surface area contributed by atoms with Crippen molar-refractivity contribution < 1.29 is 19.0 Å². The van der Waals surface area contributed by atoms with Crippen molar-refractivity contribution in [1.29, 1.82) is 5.26 Å². The first kappa shape index (κ1) is 11.7. The van der Waals surface area contributed by atoms with Crippen LogP contribution in [0.15, 0.2) is 30.4 Å². The standard InChI is InChI=1S/C11H8FNO3/c1-7(11(14)15)6-16-10-4-2-3-9(12)8(10)5-13/h2-4H,1,6H2,(H,14,15). The molecule has 0 aromatic heterocycles. The molecule has 0 atom stereocenters. The monoisotopic (exact) mass is 221 g/mol. The number of benzene rings is 1. The van der Waals surface area contributed by atoms with Gasteiger partial charge in [-0.25, -0.2) is 9.18 Å². The maximum atomic E-state index is 13.1. The van der Waals surface area contributed by atoms with Gasteiger partial charge in [-0.15, -0.1) is 0 Å². The predicted molar refractivity (Wildman–Crippen MR) is 53.4 cm³/mol. The minimum absolute atomic E-state index is 0.00454. The van der Waals surface area contributed by atoms with Gasteiger partial charge < -0.3 is 9.84 Å². The van der Waals surface area contributed by atoms with Gasteiger partial charge in [0.2, 0.25) is 0 Å². The fraction of sp³-hybridized carbons (Fsp3) is 0.0909. The molecule has 0 fully saturated rings. The number of carboxylic acids is 1. The van der Waals surface area contributed by atoms with Crippen molar-refractivity contribution in [3.05, 3.63) is 41.7 Å². The van der Waals surface area contributed by atoms with Gasteiger partial charge in [-0.1, -0.05) is 12.6 Å². The van der Waals surface area contributed by atoms with E-state index in [9.17, 15) is 9.18 Å². The first-order valence-corrected chi connectivity index (χ1v) is 4.28. The Morgan fingerprint density at radius 1 is 1.62 bits per heavy atom. The van der Waals surface area contributed by atoms with Crippen molar-refractivity contribution >= 4 is 5.97 Å². The highest BCUT2D eigenvalue weighted by molar-refractivity contribution is 5.86. The van der Waals surface area contributed by atoms with Crippen molar-refractivity contribution in [3.8, 4) is 11.8 Å². The number of hydrogen-bond acceptors (Lipinski definition) is 3. The van der Waals surface area contributed by atoms with Gasteiger partial charge in [0, 0.05) is 0 Å². The third-order valence-corrected chi connectivity index (χ3v) is 1.79. The summed E-state index contributed by atoms with van der Waals surface area (Å²) in [6.45, 7) is 2.95. The number of nitriles is 1. The summed E-state index contributed by atoms with van der Waals surface area (Å²) in [6.07, 6.45) is 0. The van der Waals surface area contributed by atoms with Gasteiger partial charge in [0.15, 0.2) is 0 Å². The number of carbonyl (C=O) groups is 1. The summed E-state index contributed by atoms with van der Waals surface area (Å²) in [5.41, 5.74) is -0.422. The molecule has 1 N–H and O–H groups in total. The molecule has 0 spiro atoms. The molecule has 16 heavy (non-hydrogen) atoms. The van der Waals surface area contributed by atoms with Crippen molar-refractivity contribution in [1.82, 2.24) is 0 Å². The highest BCUT2D eigenvalue weighted by atomic mass is 19.1. The normalized spacial score (nSPS) is 9.25. The molecule has 0 saturated heterocycles. The van der Waals surface area contributed by atoms with E-state index in [1.54, 1.807) is 6.07 Å². The van der Waals surface area contributed by atoms with E-state index < -0.39 is 11.8 Å². The van der Waals surface area contributed by atoms with Crippen LogP contribution in [0.2, 0.25) is 0 Å². The Bertz CT molecular complexity index is 477. The predicted octanol–water partition coefficient (Wildman–Crippen LogP) is 1.72. The summed E-state index contributed by atoms with van der Waals surface area (Å²) >= 11 is 0. The molecule has 0 bridgehead atoms. The van der Waals surface area contributed by atoms with Crippen LogP contribution < -0.4 is 4.74 Å². The van der Waals surface area contributed by atoms with Gasteiger partial charge in [0.05, 0.1) is 5.57 Å². The summed E-state index contributed by atoms with van der Waals surface area (Å²) in [4.78, 5) is 10.4. The molecule has 0 radical (unpaired) electrons. The van der Waals surface area contributed by atoms with Crippen LogP contribution >= 0.6 is 0 Å². The summed E-state index contributed by atoms with van der Waals surface area (Å²) < 4.78 is 18.1. The fourth-order valence-corrected chi connectivity index (χ4v) is 0.960. The van der Waals surface area contributed by atoms with E-state index in [4.69, 9.17) is 15.1 Å². The van der Waals surface area contributed by atoms with E-state index in [1.165, 1.54) is 12.1 Å². The summed E-state index contributed by atoms with van der Waals surface area (Å²) in [5, 5.41) is 17.2. The third kappa shape index (κ3) is 2.58. The lowest BCUT2D eigenvalue weighted by Crippen LogP contribution is -2.09. The molecule has 1 rings (SSSR count). The second kappa shape index (κ2) is 4.94. The maximum Gasteiger partial charge on any atom is 0.334 e. The van der Waals surface area contributed by atoms with Crippen LogP contribution in [0, 0.1) is 17.1 Å². The number of aliphatic carboxylic acids is 1. The minimum atomic E-state index is -1.20. The summed E-state index contributed by atoms with van der Waals surface area (Å²) in [5.74, 6) is -1.90. The van der Waals surface area contributed by atoms with Gasteiger partial charge in [0.1, 0.15) is 29.8 Å². The van der Waals surface area contributed by atoms with Gasteiger partial charge in [0.25, 0.3) is 0 Å². The second-order valence-corrected chi connectivity index (χ2v) is 2.92. The molecular formula is C11H8FNO3. The molecule has 1 aromatic carbocycles. The van der Waals surface area contributed by atoms with E-state index in [-0.39, 0.29) is 23.5 Å². The zero-order chi connectivity index (χ0) is 12.1. The van der Waals surface area contributed by atoms with Crippen LogP contribution in [0.5, 0.6) is 5.75 Å². The molecular weight excluding hydrogens is 213 g/mol. The molecule has 0 aliphatic rings. The highest BCUT2D eigenvalue weighted by Crippen LogP contribution is 2.20. The van der Waals surface area contributed by atoms with Crippen LogP contribution in [0.4, 0.5) is 4.39 Å². The van der Waals surface area contributed by atoms with Gasteiger partial charge in [-0.05, 0) is 12.1 Å². The Kier molecular flexibility index (Phi) is 3.62. The van der Waals surface area contributed by atoms with E-state index in [0.29, 0.717) is 0 Å². The minimum Gasteiger partial charge on any atom is -0.487 e. The van der Waals surface area contributed by atoms with Gasteiger partial charge in [-0.3, -0.25) is 0 Å². The highest BCUT2D eigenvalue weighted by Gasteiger charge is 2.10. The van der Waals surface area contributed by atoms with E-state index in [1.807, 2.05) is 0 Å². The van der Waals surface area contributed by atoms with Crippen LogP contribution in [-0.2, 0) is 4.79 Å². The summed E-state index contributed by atoms with van der Waals surface area (Å²) in [7, 11) is 0. The van der Waals surface area contributed by atoms with E-state index >= 15 is 0 Å². The smallest absolute Gasteiger partial charge is 0.334 e. The van der Waals surface area contributed by atoms with Crippen LogP contribution in [0.1, 0.15) is 5.56 Å². The van der Waals surface area contributed by atoms with Crippen LogP contribution in [0.3, 0.4) is 0 Å². The van der Waals surface area contributed by atoms with Crippen molar-refractivity contribution in [2.75, 3.05) is 6.61 Å². The molecule has 0 aliphatic heterocycles. The molecule has 0 saturated carbocycles. The molecule has 82 valence electrons. The summed E-state index contributed by atoms with van der Waals surface area (Å²) in [6, 6.07) is 5.52. The number of hydrogen-bond donors (Lipinski definition) is 1. The van der Waals surface area contributed by atoms with Gasteiger partial charge >= 0.3 is 5.97 Å². The second-order valence-electron chi connectivity index (χ2n) is 2.92. The molecule has 0 unspecified atom stereocenters. The largest absolute Gasteiger partial charge is 0.487 e. The zero-order valence-electron chi connectivity index (χ0n) is 8.24. The Morgan fingerprint density at radius 3 is 2.88 bits per heavy atom. The number of nitrogens with zero attached hydrogens (tertiary/aromatic N) is 1. The Labute approximate surface area is 91.2 Å². The number of halogens is 1. The number of carboxylic acid groups (broad SMARTS) is 1. The fourth-order valence-electron chi connectivity index (χ4n) is 0.960. The molecule has 5 heteroatoms. The van der Waals surface area contributed by atoms with Crippen molar-refractivity contribution in [2.24, 2.45) is 0 Å². The topological polar surface area (TPSA) is 70.3 Å². The molecule has 0 aliphatic carbocycles. The third-order valence-electron chi connectivity index (χ3n) is 1.79. The maximum absolute atomic E-state index is 13.1. The van der Waals surface area contributed by atoms with Crippen molar-refractivity contribution in [2.45, 2.75) is 0 Å². The molecule has 1 aromatic rings.